The predicted octanol–water partition coefficient (Wildman–Crippen LogP) is 2.98. The molecule has 35 heavy (non-hydrogen) atoms. The molecule has 3 atom stereocenters. The van der Waals surface area contributed by atoms with Crippen LogP contribution in [0.3, 0.4) is 0 Å². The van der Waals surface area contributed by atoms with Gasteiger partial charge in [-0.2, -0.15) is 0 Å². The number of carbonyl (C=O) groups excluding carboxylic acids is 3. The van der Waals surface area contributed by atoms with Gasteiger partial charge in [-0.05, 0) is 63.1 Å². The largest absolute Gasteiger partial charge is 0.369 e. The van der Waals surface area contributed by atoms with Gasteiger partial charge >= 0.3 is 0 Å². The van der Waals surface area contributed by atoms with E-state index >= 15 is 0 Å². The topological polar surface area (TPSA) is 116 Å². The lowest BCUT2D eigenvalue weighted by molar-refractivity contribution is -0.187. The van der Waals surface area contributed by atoms with Crippen LogP contribution in [0.4, 0.5) is 0 Å². The highest BCUT2D eigenvalue weighted by atomic mass is 16.5. The standard InChI is InChI=1S/C27H44N4O4/c1-21(31(35)20-32)27(25(28)34,15-11-14-22-12-7-5-8-13-22)23(26(2,3)4)24(33)29-16-19-30-17-9-6-10-18-30/h5,7-8,12-13,20-21,23,35H,6,9-11,14-19H2,1-4H3,(H2,28,34)(H,29,33)/t21-,23-,27?/m0/s1. The van der Waals surface area contributed by atoms with Crippen molar-refractivity contribution in [3.8, 4) is 0 Å². The molecule has 1 aliphatic heterocycles. The van der Waals surface area contributed by atoms with Gasteiger partial charge in [0, 0.05) is 13.1 Å². The number of aryl methyl sites for hydroxylation is 1. The lowest BCUT2D eigenvalue weighted by atomic mass is 9.57. The van der Waals surface area contributed by atoms with E-state index in [9.17, 15) is 19.6 Å². The van der Waals surface area contributed by atoms with E-state index in [2.05, 4.69) is 10.2 Å². The molecule has 4 N–H and O–H groups in total. The van der Waals surface area contributed by atoms with Gasteiger partial charge in [0.15, 0.2) is 0 Å². The summed E-state index contributed by atoms with van der Waals surface area (Å²) in [6.07, 6.45) is 5.35. The second-order valence-electron chi connectivity index (χ2n) is 10.9. The van der Waals surface area contributed by atoms with Crippen molar-refractivity contribution in [1.29, 1.82) is 0 Å². The Morgan fingerprint density at radius 1 is 1.17 bits per heavy atom. The first-order chi connectivity index (χ1) is 16.5. The number of hydrogen-bond acceptors (Lipinski definition) is 5. The number of amides is 3. The van der Waals surface area contributed by atoms with Crippen LogP contribution in [-0.2, 0) is 20.8 Å². The number of nitrogens with one attached hydrogen (secondary N) is 1. The Morgan fingerprint density at radius 2 is 1.80 bits per heavy atom. The maximum atomic E-state index is 13.7. The molecule has 1 unspecified atom stereocenters. The Hall–Kier alpha value is -2.45. The van der Waals surface area contributed by atoms with E-state index in [4.69, 9.17) is 5.73 Å². The molecule has 0 spiro atoms. The zero-order valence-corrected chi connectivity index (χ0v) is 21.8. The molecule has 0 saturated carbocycles. The van der Waals surface area contributed by atoms with Crippen LogP contribution in [0.5, 0.6) is 0 Å². The molecule has 8 nitrogen and oxygen atoms in total. The summed E-state index contributed by atoms with van der Waals surface area (Å²) in [7, 11) is 0. The van der Waals surface area contributed by atoms with Gasteiger partial charge in [0.1, 0.15) is 0 Å². The summed E-state index contributed by atoms with van der Waals surface area (Å²) < 4.78 is 0. The Balaban J connectivity index is 2.32. The molecule has 2 rings (SSSR count). The Morgan fingerprint density at radius 3 is 2.34 bits per heavy atom. The average Bonchev–Trinajstić information content (AvgIpc) is 2.82. The first kappa shape index (κ1) is 28.8. The molecule has 196 valence electrons. The van der Waals surface area contributed by atoms with Crippen molar-refractivity contribution >= 4 is 18.2 Å². The lowest BCUT2D eigenvalue weighted by Crippen LogP contribution is -2.62. The fourth-order valence-corrected chi connectivity index (χ4v) is 5.64. The van der Waals surface area contributed by atoms with Crippen molar-refractivity contribution in [1.82, 2.24) is 15.3 Å². The van der Waals surface area contributed by atoms with E-state index in [-0.39, 0.29) is 18.7 Å². The monoisotopic (exact) mass is 488 g/mol. The van der Waals surface area contributed by atoms with E-state index in [0.717, 1.165) is 25.2 Å². The molecular formula is C27H44N4O4. The number of benzene rings is 1. The lowest BCUT2D eigenvalue weighted by Gasteiger charge is -2.48. The number of carbonyl (C=O) groups is 3. The molecule has 1 aromatic carbocycles. The van der Waals surface area contributed by atoms with Crippen LogP contribution in [0.1, 0.15) is 65.4 Å². The molecule has 1 saturated heterocycles. The average molecular weight is 489 g/mol. The maximum absolute atomic E-state index is 13.7. The molecule has 0 aromatic heterocycles. The first-order valence-electron chi connectivity index (χ1n) is 12.8. The van der Waals surface area contributed by atoms with Crippen molar-refractivity contribution < 1.29 is 19.6 Å². The van der Waals surface area contributed by atoms with Crippen LogP contribution in [0, 0.1) is 16.7 Å². The molecule has 0 radical (unpaired) electrons. The van der Waals surface area contributed by atoms with Crippen molar-refractivity contribution in [3.63, 3.8) is 0 Å². The summed E-state index contributed by atoms with van der Waals surface area (Å²) in [5, 5.41) is 13.9. The Kier molecular flexibility index (Phi) is 10.7. The first-order valence-corrected chi connectivity index (χ1v) is 12.8. The summed E-state index contributed by atoms with van der Waals surface area (Å²) in [5.41, 5.74) is 5.03. The normalized spacial score (nSPS) is 18.2. The highest BCUT2D eigenvalue weighted by molar-refractivity contribution is 5.91. The quantitative estimate of drug-likeness (QED) is 0.224. The van der Waals surface area contributed by atoms with Crippen LogP contribution in [0.25, 0.3) is 0 Å². The van der Waals surface area contributed by atoms with Crippen LogP contribution in [0.15, 0.2) is 30.3 Å². The van der Waals surface area contributed by atoms with E-state index in [0.29, 0.717) is 24.4 Å². The van der Waals surface area contributed by atoms with Crippen LogP contribution >= 0.6 is 0 Å². The minimum absolute atomic E-state index is 0.255. The fraction of sp³-hybridized carbons (Fsp3) is 0.667. The summed E-state index contributed by atoms with van der Waals surface area (Å²) in [6.45, 7) is 10.5. The molecule has 0 aliphatic carbocycles. The van der Waals surface area contributed by atoms with Crippen LogP contribution in [-0.4, -0.2) is 65.6 Å². The third-order valence-corrected chi connectivity index (χ3v) is 7.43. The number of primary amides is 1. The van der Waals surface area contributed by atoms with Gasteiger partial charge in [0.25, 0.3) is 0 Å². The summed E-state index contributed by atoms with van der Waals surface area (Å²) in [5.74, 6) is -1.82. The Labute approximate surface area is 210 Å². The molecule has 0 bridgehead atoms. The molecule has 1 heterocycles. The van der Waals surface area contributed by atoms with Gasteiger partial charge in [-0.25, -0.2) is 5.06 Å². The number of piperidine rings is 1. The van der Waals surface area contributed by atoms with Gasteiger partial charge in [-0.1, -0.05) is 57.5 Å². The van der Waals surface area contributed by atoms with Crippen molar-refractivity contribution in [2.45, 2.75) is 72.3 Å². The zero-order valence-electron chi connectivity index (χ0n) is 21.8. The zero-order chi connectivity index (χ0) is 26.1. The van der Waals surface area contributed by atoms with E-state index in [1.165, 1.54) is 19.3 Å². The van der Waals surface area contributed by atoms with E-state index in [1.807, 2.05) is 51.1 Å². The van der Waals surface area contributed by atoms with Gasteiger partial charge in [-0.3, -0.25) is 19.6 Å². The third-order valence-electron chi connectivity index (χ3n) is 7.43. The predicted molar refractivity (Wildman–Crippen MR) is 136 cm³/mol. The Bertz CT molecular complexity index is 820. The molecule has 1 fully saturated rings. The minimum atomic E-state index is -1.46. The molecule has 3 amide bonds. The van der Waals surface area contributed by atoms with Crippen molar-refractivity contribution in [3.05, 3.63) is 35.9 Å². The SMILES string of the molecule is C[C@H](N(O)C=O)C(CCCc1ccccc1)(C(N)=O)[C@@H](C(=O)NCCN1CCCCC1)C(C)(C)C. The van der Waals surface area contributed by atoms with E-state index in [1.54, 1.807) is 6.92 Å². The second-order valence-corrected chi connectivity index (χ2v) is 10.9. The van der Waals surface area contributed by atoms with Crippen molar-refractivity contribution in [2.24, 2.45) is 22.5 Å². The third kappa shape index (κ3) is 7.51. The van der Waals surface area contributed by atoms with Crippen LogP contribution in [0.2, 0.25) is 0 Å². The molecule has 8 heteroatoms. The van der Waals surface area contributed by atoms with E-state index < -0.39 is 28.7 Å². The van der Waals surface area contributed by atoms with Gasteiger partial charge in [0.2, 0.25) is 18.2 Å². The maximum Gasteiger partial charge on any atom is 0.233 e. The molecule has 1 aromatic rings. The number of rotatable bonds is 13. The summed E-state index contributed by atoms with van der Waals surface area (Å²) in [6, 6.07) is 8.88. The fourth-order valence-electron chi connectivity index (χ4n) is 5.64. The second kappa shape index (κ2) is 13.0. The minimum Gasteiger partial charge on any atom is -0.369 e. The number of hydroxylamine groups is 2. The summed E-state index contributed by atoms with van der Waals surface area (Å²) >= 11 is 0. The van der Waals surface area contributed by atoms with Gasteiger partial charge in [-0.15, -0.1) is 0 Å². The molecular weight excluding hydrogens is 444 g/mol. The number of hydrogen-bond donors (Lipinski definition) is 3. The van der Waals surface area contributed by atoms with Gasteiger partial charge in [0.05, 0.1) is 17.4 Å². The number of nitrogens with two attached hydrogens (primary N) is 1. The molecule has 1 aliphatic rings. The highest BCUT2D eigenvalue weighted by Gasteiger charge is 2.57. The van der Waals surface area contributed by atoms with Crippen LogP contribution < -0.4 is 11.1 Å². The number of nitrogens with zero attached hydrogens (tertiary/aromatic N) is 2. The van der Waals surface area contributed by atoms with Gasteiger partial charge < -0.3 is 16.0 Å². The number of likely N-dealkylation sites (tertiary alicyclic amines) is 1. The van der Waals surface area contributed by atoms with Crippen molar-refractivity contribution in [2.75, 3.05) is 26.2 Å². The summed E-state index contributed by atoms with van der Waals surface area (Å²) in [4.78, 5) is 40.8. The highest BCUT2D eigenvalue weighted by Crippen LogP contribution is 2.47. The smallest absolute Gasteiger partial charge is 0.233 e.